The van der Waals surface area contributed by atoms with Crippen molar-refractivity contribution in [2.75, 3.05) is 6.54 Å². The van der Waals surface area contributed by atoms with E-state index in [0.717, 1.165) is 43.2 Å². The standard InChI is InChI=1S/C32H46N8O3.C2HF3O2/c33-28(34)24-16-13-22(14-17-24)20-25(23-10-5-2-6-11-23)30(42)40-27(18-15-21-8-3-1-4-9-21)31(43)39-26(29(35)41)12-7-19-38-32(36)37;3-2(4,5)1(6)7/h1,3-4,8-9,13-14,16-17,23,25-27H,2,5-7,10-12,15,18-20H2,(H3,33,34)(H2,35,41)(H,39,43)(H,40,42)(H4,36,37,38);(H,6,7)/t25?,26-,27-;/m0./s1. The number of guanidine groups is 1. The summed E-state index contributed by atoms with van der Waals surface area (Å²) < 4.78 is 31.7. The molecule has 0 bridgehead atoms. The van der Waals surface area contributed by atoms with E-state index >= 15 is 0 Å². The highest BCUT2D eigenvalue weighted by Gasteiger charge is 2.38. The van der Waals surface area contributed by atoms with Gasteiger partial charge >= 0.3 is 12.1 Å². The third kappa shape index (κ3) is 15.0. The van der Waals surface area contributed by atoms with Gasteiger partial charge in [0, 0.05) is 18.0 Å². The van der Waals surface area contributed by atoms with Gasteiger partial charge in [0.15, 0.2) is 5.96 Å². The Morgan fingerprint density at radius 3 is 1.94 bits per heavy atom. The molecule has 0 radical (unpaired) electrons. The van der Waals surface area contributed by atoms with Gasteiger partial charge in [0.25, 0.3) is 0 Å². The van der Waals surface area contributed by atoms with Gasteiger partial charge in [-0.1, -0.05) is 73.9 Å². The first-order valence-electron chi connectivity index (χ1n) is 16.3. The molecular weight excluding hydrogens is 657 g/mol. The second kappa shape index (κ2) is 20.4. The van der Waals surface area contributed by atoms with Crippen molar-refractivity contribution in [3.05, 3.63) is 71.3 Å². The Balaban J connectivity index is 0.00000112. The maximum Gasteiger partial charge on any atom is 0.490 e. The number of amidine groups is 1. The number of hydrogen-bond donors (Lipinski definition) is 8. The summed E-state index contributed by atoms with van der Waals surface area (Å²) in [5, 5.41) is 20.6. The highest BCUT2D eigenvalue weighted by Crippen LogP contribution is 2.32. The number of nitrogen functional groups attached to an aromatic ring is 1. The molecule has 274 valence electrons. The average molecular weight is 705 g/mol. The van der Waals surface area contributed by atoms with Crippen LogP contribution in [0.2, 0.25) is 0 Å². The number of rotatable bonds is 16. The lowest BCUT2D eigenvalue weighted by atomic mass is 9.76. The predicted molar refractivity (Wildman–Crippen MR) is 183 cm³/mol. The molecule has 3 amide bonds. The molecule has 16 heteroatoms. The monoisotopic (exact) mass is 704 g/mol. The number of carboxylic acids is 1. The molecule has 0 heterocycles. The van der Waals surface area contributed by atoms with Gasteiger partial charge in [-0.3, -0.25) is 24.8 Å². The minimum Gasteiger partial charge on any atom is -0.475 e. The van der Waals surface area contributed by atoms with Crippen molar-refractivity contribution in [3.63, 3.8) is 0 Å². The average Bonchev–Trinajstić information content (AvgIpc) is 3.07. The number of alkyl halides is 3. The van der Waals surface area contributed by atoms with E-state index < -0.39 is 36.0 Å². The molecule has 0 saturated heterocycles. The first-order valence-corrected chi connectivity index (χ1v) is 16.3. The minimum absolute atomic E-state index is 0.00843. The number of halogens is 3. The van der Waals surface area contributed by atoms with Gasteiger partial charge in [-0.2, -0.15) is 13.2 Å². The van der Waals surface area contributed by atoms with Crippen LogP contribution in [0.25, 0.3) is 0 Å². The number of carbonyl (C=O) groups excluding carboxylic acids is 3. The molecule has 13 nitrogen and oxygen atoms in total. The molecule has 0 aromatic heterocycles. The number of nitrogens with zero attached hydrogens (tertiary/aromatic N) is 1. The summed E-state index contributed by atoms with van der Waals surface area (Å²) in [4.78, 5) is 52.5. The molecule has 0 aliphatic heterocycles. The van der Waals surface area contributed by atoms with Crippen LogP contribution in [0.5, 0.6) is 0 Å². The summed E-state index contributed by atoms with van der Waals surface area (Å²) >= 11 is 0. The maximum atomic E-state index is 14.0. The van der Waals surface area contributed by atoms with E-state index in [1.54, 1.807) is 12.1 Å². The van der Waals surface area contributed by atoms with Crippen molar-refractivity contribution < 1.29 is 37.5 Å². The van der Waals surface area contributed by atoms with Crippen molar-refractivity contribution in [1.82, 2.24) is 10.6 Å². The Morgan fingerprint density at radius 1 is 0.840 bits per heavy atom. The molecule has 0 spiro atoms. The number of carboxylic acid groups (broad SMARTS) is 1. The van der Waals surface area contributed by atoms with E-state index in [4.69, 9.17) is 38.2 Å². The van der Waals surface area contributed by atoms with E-state index in [1.165, 1.54) is 0 Å². The lowest BCUT2D eigenvalue weighted by molar-refractivity contribution is -0.192. The highest BCUT2D eigenvalue weighted by molar-refractivity contribution is 5.95. The number of amides is 3. The van der Waals surface area contributed by atoms with Crippen LogP contribution in [-0.4, -0.2) is 65.4 Å². The van der Waals surface area contributed by atoms with Crippen LogP contribution < -0.4 is 33.6 Å². The van der Waals surface area contributed by atoms with Gasteiger partial charge < -0.3 is 38.7 Å². The fourth-order valence-electron chi connectivity index (χ4n) is 5.65. The Kier molecular flexibility index (Phi) is 16.7. The zero-order valence-electron chi connectivity index (χ0n) is 27.8. The molecule has 2 aromatic carbocycles. The number of nitrogens with two attached hydrogens (primary N) is 4. The summed E-state index contributed by atoms with van der Waals surface area (Å²) in [6.07, 6.45) is 2.22. The second-order valence-electron chi connectivity index (χ2n) is 12.1. The zero-order valence-corrected chi connectivity index (χ0v) is 27.8. The molecule has 1 saturated carbocycles. The summed E-state index contributed by atoms with van der Waals surface area (Å²) in [7, 11) is 0. The first kappa shape index (κ1) is 41.0. The molecule has 1 unspecified atom stereocenters. The Bertz CT molecular complexity index is 1450. The largest absolute Gasteiger partial charge is 0.490 e. The van der Waals surface area contributed by atoms with Crippen LogP contribution in [0.3, 0.4) is 0 Å². The predicted octanol–water partition coefficient (Wildman–Crippen LogP) is 2.48. The number of nitrogens with one attached hydrogen (secondary N) is 3. The van der Waals surface area contributed by atoms with Gasteiger partial charge in [-0.15, -0.1) is 0 Å². The second-order valence-corrected chi connectivity index (χ2v) is 12.1. The van der Waals surface area contributed by atoms with E-state index in [1.807, 2.05) is 42.5 Å². The number of benzene rings is 2. The molecule has 3 atom stereocenters. The van der Waals surface area contributed by atoms with E-state index in [0.29, 0.717) is 37.8 Å². The number of primary amides is 1. The summed E-state index contributed by atoms with van der Waals surface area (Å²) in [5.41, 5.74) is 24.6. The molecule has 12 N–H and O–H groups in total. The summed E-state index contributed by atoms with van der Waals surface area (Å²) in [6, 6.07) is 15.3. The van der Waals surface area contributed by atoms with Crippen LogP contribution in [0.4, 0.5) is 13.2 Å². The van der Waals surface area contributed by atoms with Gasteiger partial charge in [-0.25, -0.2) is 4.79 Å². The van der Waals surface area contributed by atoms with E-state index in [2.05, 4.69) is 15.6 Å². The lowest BCUT2D eigenvalue weighted by Crippen LogP contribution is -2.54. The molecule has 50 heavy (non-hydrogen) atoms. The Labute approximate surface area is 288 Å². The fraction of sp³-hybridized carbons (Fsp3) is 0.471. The van der Waals surface area contributed by atoms with Crippen LogP contribution in [0, 0.1) is 17.2 Å². The summed E-state index contributed by atoms with van der Waals surface area (Å²) in [5.74, 6) is -4.26. The minimum atomic E-state index is -5.08. The highest BCUT2D eigenvalue weighted by atomic mass is 19.4. The van der Waals surface area contributed by atoms with Gasteiger partial charge in [0.2, 0.25) is 17.7 Å². The Morgan fingerprint density at radius 2 is 1.42 bits per heavy atom. The Hall–Kier alpha value is -5.15. The number of aliphatic carboxylic acids is 1. The quantitative estimate of drug-likeness (QED) is 0.0730. The van der Waals surface area contributed by atoms with Crippen LogP contribution in [0.1, 0.15) is 68.1 Å². The fourth-order valence-corrected chi connectivity index (χ4v) is 5.65. The van der Waals surface area contributed by atoms with E-state index in [9.17, 15) is 27.6 Å². The van der Waals surface area contributed by atoms with Crippen LogP contribution >= 0.6 is 0 Å². The van der Waals surface area contributed by atoms with Crippen LogP contribution in [0.15, 0.2) is 59.6 Å². The molecule has 3 rings (SSSR count). The number of aryl methyl sites for hydroxylation is 1. The molecular formula is C34H47F3N8O5. The van der Waals surface area contributed by atoms with Gasteiger partial charge in [0.1, 0.15) is 17.9 Å². The number of carbonyl (C=O) groups is 4. The first-order chi connectivity index (χ1) is 23.6. The third-order valence-electron chi connectivity index (χ3n) is 8.32. The molecule has 1 aliphatic carbocycles. The zero-order chi connectivity index (χ0) is 37.3. The maximum absolute atomic E-state index is 14.0. The number of aliphatic imine (C=N–C) groups is 1. The van der Waals surface area contributed by atoms with Crippen LogP contribution in [-0.2, 0) is 32.0 Å². The summed E-state index contributed by atoms with van der Waals surface area (Å²) in [6.45, 7) is 0.298. The van der Waals surface area contributed by atoms with Gasteiger partial charge in [-0.05, 0) is 62.0 Å². The molecule has 2 aromatic rings. The van der Waals surface area contributed by atoms with Crippen molar-refractivity contribution in [2.45, 2.75) is 82.5 Å². The third-order valence-corrected chi connectivity index (χ3v) is 8.32. The molecule has 1 fully saturated rings. The smallest absolute Gasteiger partial charge is 0.475 e. The van der Waals surface area contributed by atoms with Crippen molar-refractivity contribution in [2.24, 2.45) is 39.8 Å². The van der Waals surface area contributed by atoms with Crippen molar-refractivity contribution in [1.29, 1.82) is 5.41 Å². The number of hydrogen-bond acceptors (Lipinski definition) is 6. The topological polar surface area (TPSA) is 253 Å². The SMILES string of the molecule is N=C(N)c1ccc(CC(C(=O)N[C@@H](CCc2ccccc2)C(=O)N[C@@H](CCCN=C(N)N)C(N)=O)C2CCCCC2)cc1.O=C(O)C(F)(F)F. The van der Waals surface area contributed by atoms with Gasteiger partial charge in [0.05, 0.1) is 0 Å². The molecule has 1 aliphatic rings. The van der Waals surface area contributed by atoms with Crippen molar-refractivity contribution in [3.8, 4) is 0 Å². The van der Waals surface area contributed by atoms with Crippen molar-refractivity contribution >= 4 is 35.5 Å². The lowest BCUT2D eigenvalue weighted by Gasteiger charge is -2.31. The normalized spacial score (nSPS) is 14.9. The van der Waals surface area contributed by atoms with E-state index in [-0.39, 0.29) is 36.0 Å².